The van der Waals surface area contributed by atoms with Crippen molar-refractivity contribution in [3.8, 4) is 22.4 Å². The van der Waals surface area contributed by atoms with Crippen LogP contribution >= 0.6 is 0 Å². The van der Waals surface area contributed by atoms with Gasteiger partial charge in [0, 0.05) is 28.2 Å². The minimum absolute atomic E-state index is 0.955. The van der Waals surface area contributed by atoms with Crippen LogP contribution in [0.25, 0.3) is 49.8 Å². The largest absolute Gasteiger partial charge is 0.304 e. The molecule has 0 bridgehead atoms. The molecule has 0 aliphatic carbocycles. The summed E-state index contributed by atoms with van der Waals surface area (Å²) >= 11 is 0. The number of aryl methyl sites for hydroxylation is 2. The second-order valence-electron chi connectivity index (χ2n) is 8.09. The zero-order valence-corrected chi connectivity index (χ0v) is 17.5. The van der Waals surface area contributed by atoms with Crippen LogP contribution < -0.4 is 0 Å². The van der Waals surface area contributed by atoms with E-state index >= 15 is 0 Å². The highest BCUT2D eigenvalue weighted by Gasteiger charge is 2.11. The number of pyridine rings is 2. The molecular formula is C28H21N3. The third kappa shape index (κ3) is 2.89. The Balaban J connectivity index is 1.51. The Bertz CT molecular complexity index is 1590. The average Bonchev–Trinajstić information content (AvgIpc) is 3.25. The number of aromatic nitrogens is 3. The van der Waals surface area contributed by atoms with Gasteiger partial charge in [0.05, 0.1) is 16.7 Å². The number of benzene rings is 3. The van der Waals surface area contributed by atoms with Gasteiger partial charge in [-0.25, -0.2) is 9.97 Å². The molecule has 0 spiro atoms. The van der Waals surface area contributed by atoms with E-state index in [1.807, 2.05) is 24.3 Å². The molecule has 0 aliphatic rings. The van der Waals surface area contributed by atoms with Crippen LogP contribution in [0.3, 0.4) is 0 Å². The molecule has 0 saturated carbocycles. The Morgan fingerprint density at radius 1 is 0.613 bits per heavy atom. The highest BCUT2D eigenvalue weighted by molar-refractivity contribution is 5.98. The quantitative estimate of drug-likeness (QED) is 0.294. The smallest absolute Gasteiger partial charge is 0.138 e. The summed E-state index contributed by atoms with van der Waals surface area (Å²) in [6, 6.07) is 29.6. The molecule has 3 nitrogen and oxygen atoms in total. The van der Waals surface area contributed by atoms with E-state index in [2.05, 4.69) is 85.1 Å². The molecule has 6 aromatic rings. The van der Waals surface area contributed by atoms with Crippen molar-refractivity contribution in [1.82, 2.24) is 14.4 Å². The van der Waals surface area contributed by atoms with Crippen molar-refractivity contribution < 1.29 is 0 Å². The summed E-state index contributed by atoms with van der Waals surface area (Å²) in [5, 5.41) is 2.42. The number of fused-ring (bicyclic) bond motifs is 3. The monoisotopic (exact) mass is 399 g/mol. The molecule has 0 unspecified atom stereocenters. The third-order valence-corrected chi connectivity index (χ3v) is 6.12. The van der Waals surface area contributed by atoms with Gasteiger partial charge in [0.2, 0.25) is 0 Å². The van der Waals surface area contributed by atoms with E-state index in [1.54, 1.807) is 0 Å². The zero-order valence-electron chi connectivity index (χ0n) is 17.5. The van der Waals surface area contributed by atoms with Gasteiger partial charge in [-0.05, 0) is 54.8 Å². The third-order valence-electron chi connectivity index (χ3n) is 6.12. The molecule has 0 radical (unpaired) electrons. The van der Waals surface area contributed by atoms with Crippen LogP contribution in [0.5, 0.6) is 0 Å². The summed E-state index contributed by atoms with van der Waals surface area (Å²) < 4.78 is 2.16. The fourth-order valence-electron chi connectivity index (χ4n) is 4.45. The number of hydrogen-bond acceptors (Lipinski definition) is 2. The van der Waals surface area contributed by atoms with E-state index < -0.39 is 0 Å². The molecule has 3 aromatic carbocycles. The predicted molar refractivity (Wildman–Crippen MR) is 128 cm³/mol. The molecule has 0 amide bonds. The molecule has 6 rings (SSSR count). The van der Waals surface area contributed by atoms with E-state index in [-0.39, 0.29) is 0 Å². The van der Waals surface area contributed by atoms with Gasteiger partial charge >= 0.3 is 0 Å². The van der Waals surface area contributed by atoms with Gasteiger partial charge in [-0.3, -0.25) is 0 Å². The summed E-state index contributed by atoms with van der Waals surface area (Å²) in [5.74, 6) is 0. The zero-order chi connectivity index (χ0) is 20.9. The Labute approximate surface area is 180 Å². The first kappa shape index (κ1) is 17.8. The molecule has 148 valence electrons. The van der Waals surface area contributed by atoms with Gasteiger partial charge in [0.15, 0.2) is 0 Å². The molecule has 0 saturated heterocycles. The molecule has 31 heavy (non-hydrogen) atoms. The van der Waals surface area contributed by atoms with Crippen LogP contribution in [0.15, 0.2) is 91.1 Å². The highest BCUT2D eigenvalue weighted by atomic mass is 15.0. The molecule has 3 heteroatoms. The first-order chi connectivity index (χ1) is 15.2. The van der Waals surface area contributed by atoms with Crippen LogP contribution in [0, 0.1) is 13.8 Å². The standard InChI is InChI=1S/C28H21N3/c1-18-14-22(16-28-30-27(17-31(18)28)20-8-4-3-5-9-20)21-12-13-24-19(2)23-10-6-7-11-25(23)29-26(24)15-21/h3-17H,1-2H3. The Morgan fingerprint density at radius 2 is 1.39 bits per heavy atom. The van der Waals surface area contributed by atoms with E-state index in [0.717, 1.165) is 44.8 Å². The fraction of sp³-hybridized carbons (Fsp3) is 0.0714. The van der Waals surface area contributed by atoms with Crippen molar-refractivity contribution in [1.29, 1.82) is 0 Å². The predicted octanol–water partition coefficient (Wildman–Crippen LogP) is 6.99. The SMILES string of the molecule is Cc1c2ccccc2nc2cc(-c3cc(C)n4cc(-c5ccccc5)nc4c3)ccc12. The summed E-state index contributed by atoms with van der Waals surface area (Å²) in [5.41, 5.74) is 9.89. The number of para-hydroxylation sites is 1. The Hall–Kier alpha value is -3.98. The average molecular weight is 399 g/mol. The van der Waals surface area contributed by atoms with E-state index in [4.69, 9.17) is 9.97 Å². The molecule has 0 atom stereocenters. The van der Waals surface area contributed by atoms with Gasteiger partial charge in [0.25, 0.3) is 0 Å². The van der Waals surface area contributed by atoms with Crippen LogP contribution in [0.2, 0.25) is 0 Å². The van der Waals surface area contributed by atoms with Crippen molar-refractivity contribution in [2.75, 3.05) is 0 Å². The lowest BCUT2D eigenvalue weighted by atomic mass is 9.99. The topological polar surface area (TPSA) is 30.2 Å². The summed E-state index contributed by atoms with van der Waals surface area (Å²) in [7, 11) is 0. The molecule has 3 heterocycles. The van der Waals surface area contributed by atoms with Crippen LogP contribution in [-0.2, 0) is 0 Å². The second kappa shape index (κ2) is 6.78. The normalized spacial score (nSPS) is 11.5. The van der Waals surface area contributed by atoms with Crippen molar-refractivity contribution in [3.63, 3.8) is 0 Å². The van der Waals surface area contributed by atoms with Gasteiger partial charge in [-0.1, -0.05) is 60.7 Å². The lowest BCUT2D eigenvalue weighted by Crippen LogP contribution is -1.92. The van der Waals surface area contributed by atoms with Gasteiger partial charge in [-0.2, -0.15) is 0 Å². The summed E-state index contributed by atoms with van der Waals surface area (Å²) in [6.45, 7) is 4.31. The molecular weight excluding hydrogens is 378 g/mol. The van der Waals surface area contributed by atoms with Crippen LogP contribution in [0.4, 0.5) is 0 Å². The Kier molecular flexibility index (Phi) is 3.90. The molecule has 0 fully saturated rings. The minimum Gasteiger partial charge on any atom is -0.304 e. The van der Waals surface area contributed by atoms with Crippen LogP contribution in [-0.4, -0.2) is 14.4 Å². The Morgan fingerprint density at radius 3 is 2.26 bits per heavy atom. The maximum absolute atomic E-state index is 4.93. The highest BCUT2D eigenvalue weighted by Crippen LogP contribution is 2.31. The maximum Gasteiger partial charge on any atom is 0.138 e. The number of rotatable bonds is 2. The van der Waals surface area contributed by atoms with Gasteiger partial charge < -0.3 is 4.40 Å². The molecule has 3 aromatic heterocycles. The number of nitrogens with zero attached hydrogens (tertiary/aromatic N) is 3. The van der Waals surface area contributed by atoms with Crippen molar-refractivity contribution >= 4 is 27.5 Å². The van der Waals surface area contributed by atoms with Gasteiger partial charge in [0.1, 0.15) is 5.65 Å². The van der Waals surface area contributed by atoms with Gasteiger partial charge in [-0.15, -0.1) is 0 Å². The fourth-order valence-corrected chi connectivity index (χ4v) is 4.45. The molecule has 0 N–H and O–H groups in total. The number of hydrogen-bond donors (Lipinski definition) is 0. The van der Waals surface area contributed by atoms with Crippen LogP contribution in [0.1, 0.15) is 11.3 Å². The lowest BCUT2D eigenvalue weighted by molar-refractivity contribution is 1.09. The van der Waals surface area contributed by atoms with Crippen molar-refractivity contribution in [2.45, 2.75) is 13.8 Å². The van der Waals surface area contributed by atoms with E-state index in [9.17, 15) is 0 Å². The molecule has 0 aliphatic heterocycles. The lowest BCUT2D eigenvalue weighted by Gasteiger charge is -2.10. The summed E-state index contributed by atoms with van der Waals surface area (Å²) in [4.78, 5) is 9.83. The minimum atomic E-state index is 0.955. The van der Waals surface area contributed by atoms with E-state index in [1.165, 1.54) is 16.3 Å². The van der Waals surface area contributed by atoms with Crippen molar-refractivity contribution in [3.05, 3.63) is 102 Å². The summed E-state index contributed by atoms with van der Waals surface area (Å²) in [6.07, 6.45) is 2.11. The first-order valence-corrected chi connectivity index (χ1v) is 10.5. The second-order valence-corrected chi connectivity index (χ2v) is 8.09. The number of imidazole rings is 1. The van der Waals surface area contributed by atoms with E-state index in [0.29, 0.717) is 0 Å². The first-order valence-electron chi connectivity index (χ1n) is 10.5. The van der Waals surface area contributed by atoms with Crippen molar-refractivity contribution in [2.24, 2.45) is 0 Å². The maximum atomic E-state index is 4.93.